The molecule has 1 amide bonds. The van der Waals surface area contributed by atoms with Gasteiger partial charge in [-0.25, -0.2) is 4.98 Å². The van der Waals surface area contributed by atoms with Gasteiger partial charge >= 0.3 is 0 Å². The van der Waals surface area contributed by atoms with Gasteiger partial charge < -0.3 is 4.74 Å². The van der Waals surface area contributed by atoms with Gasteiger partial charge in [-0.05, 0) is 30.2 Å². The Hall–Kier alpha value is -3.78. The van der Waals surface area contributed by atoms with Crippen LogP contribution in [0.5, 0.6) is 5.75 Å². The lowest BCUT2D eigenvalue weighted by molar-refractivity contribution is -0.384. The lowest BCUT2D eigenvalue weighted by Crippen LogP contribution is -2.31. The number of hydrogen-bond acceptors (Lipinski definition) is 6. The molecule has 1 heterocycles. The Bertz CT molecular complexity index is 1240. The van der Waals surface area contributed by atoms with Crippen molar-refractivity contribution in [3.05, 3.63) is 94.0 Å². The summed E-state index contributed by atoms with van der Waals surface area (Å²) < 4.78 is 6.64. The molecule has 32 heavy (non-hydrogen) atoms. The molecule has 0 spiro atoms. The van der Waals surface area contributed by atoms with Crippen LogP contribution in [0.15, 0.2) is 72.8 Å². The summed E-state index contributed by atoms with van der Waals surface area (Å²) in [6.07, 6.45) is 0.110. The van der Waals surface area contributed by atoms with Crippen molar-refractivity contribution < 1.29 is 14.5 Å². The summed E-state index contributed by atoms with van der Waals surface area (Å²) in [7, 11) is 0. The van der Waals surface area contributed by atoms with Crippen LogP contribution < -0.4 is 9.64 Å². The van der Waals surface area contributed by atoms with Crippen LogP contribution in [0.1, 0.15) is 18.1 Å². The molecule has 0 aliphatic carbocycles. The first-order chi connectivity index (χ1) is 15.5. The Morgan fingerprint density at radius 2 is 1.78 bits per heavy atom. The van der Waals surface area contributed by atoms with E-state index in [0.29, 0.717) is 29.6 Å². The highest BCUT2D eigenvalue weighted by Crippen LogP contribution is 2.35. The van der Waals surface area contributed by atoms with Crippen molar-refractivity contribution in [2.24, 2.45) is 0 Å². The van der Waals surface area contributed by atoms with Crippen LogP contribution in [-0.4, -0.2) is 22.4 Å². The lowest BCUT2D eigenvalue weighted by atomic mass is 10.1. The van der Waals surface area contributed by atoms with E-state index in [1.165, 1.54) is 23.5 Å². The number of non-ortho nitro benzene ring substituents is 1. The van der Waals surface area contributed by atoms with Gasteiger partial charge in [0, 0.05) is 12.1 Å². The smallest absolute Gasteiger partial charge is 0.269 e. The van der Waals surface area contributed by atoms with E-state index in [9.17, 15) is 14.9 Å². The number of ether oxygens (including phenoxy) is 1. The molecule has 0 radical (unpaired) electrons. The second kappa shape index (κ2) is 9.57. The zero-order chi connectivity index (χ0) is 22.5. The molecule has 4 aromatic rings. The maximum atomic E-state index is 13.4. The van der Waals surface area contributed by atoms with Gasteiger partial charge in [-0.1, -0.05) is 59.9 Å². The minimum atomic E-state index is -0.454. The standard InChI is InChI=1S/C24H21N3O4S/c1-2-31-20-9-6-10-21-23(20)25-24(32-21)26(16-18-7-4-3-5-8-18)22(28)15-17-11-13-19(14-12-17)27(29)30/h3-14H,2,15-16H2,1H3. The average molecular weight is 448 g/mol. The fraction of sp³-hybridized carbons (Fsp3) is 0.167. The first kappa shape index (κ1) is 21.5. The highest BCUT2D eigenvalue weighted by molar-refractivity contribution is 7.22. The first-order valence-electron chi connectivity index (χ1n) is 10.1. The van der Waals surface area contributed by atoms with E-state index in [0.717, 1.165) is 15.8 Å². The van der Waals surface area contributed by atoms with Crippen LogP contribution in [0.2, 0.25) is 0 Å². The normalized spacial score (nSPS) is 10.8. The third-order valence-electron chi connectivity index (χ3n) is 4.89. The molecule has 0 unspecified atom stereocenters. The predicted octanol–water partition coefficient (Wildman–Crippen LogP) is 5.38. The Kier molecular flexibility index (Phi) is 6.42. The van der Waals surface area contributed by atoms with E-state index in [4.69, 9.17) is 9.72 Å². The molecule has 162 valence electrons. The SMILES string of the molecule is CCOc1cccc2sc(N(Cc3ccccc3)C(=O)Cc3ccc([N+](=O)[O-])cc3)nc12. The summed E-state index contributed by atoms with van der Waals surface area (Å²) in [6.45, 7) is 2.82. The second-order valence-electron chi connectivity index (χ2n) is 7.10. The van der Waals surface area contributed by atoms with Crippen molar-refractivity contribution in [2.75, 3.05) is 11.5 Å². The second-order valence-corrected chi connectivity index (χ2v) is 8.11. The number of para-hydroxylation sites is 1. The summed E-state index contributed by atoms with van der Waals surface area (Å²) in [5.41, 5.74) is 2.41. The quantitative estimate of drug-likeness (QED) is 0.267. The number of nitrogens with zero attached hydrogens (tertiary/aromatic N) is 3. The summed E-state index contributed by atoms with van der Waals surface area (Å²) in [5.74, 6) is 0.551. The summed E-state index contributed by atoms with van der Waals surface area (Å²) >= 11 is 1.43. The number of nitro benzene ring substituents is 1. The topological polar surface area (TPSA) is 85.6 Å². The molecule has 1 aromatic heterocycles. The lowest BCUT2D eigenvalue weighted by Gasteiger charge is -2.20. The molecule has 0 aliphatic heterocycles. The van der Waals surface area contributed by atoms with Crippen molar-refractivity contribution in [1.29, 1.82) is 0 Å². The van der Waals surface area contributed by atoms with Gasteiger partial charge in [0.25, 0.3) is 5.69 Å². The third kappa shape index (κ3) is 4.76. The van der Waals surface area contributed by atoms with E-state index < -0.39 is 4.92 Å². The fourth-order valence-corrected chi connectivity index (χ4v) is 4.33. The van der Waals surface area contributed by atoms with Gasteiger partial charge in [-0.3, -0.25) is 19.8 Å². The van der Waals surface area contributed by atoms with Gasteiger partial charge in [0.15, 0.2) is 5.13 Å². The Morgan fingerprint density at radius 3 is 2.47 bits per heavy atom. The van der Waals surface area contributed by atoms with Crippen molar-refractivity contribution in [3.8, 4) is 5.75 Å². The number of aromatic nitrogens is 1. The summed E-state index contributed by atoms with van der Waals surface area (Å²) in [5, 5.41) is 11.5. The van der Waals surface area contributed by atoms with Crippen molar-refractivity contribution in [2.45, 2.75) is 19.9 Å². The van der Waals surface area contributed by atoms with E-state index in [2.05, 4.69) is 0 Å². The van der Waals surface area contributed by atoms with Gasteiger partial charge in [0.1, 0.15) is 11.3 Å². The van der Waals surface area contributed by atoms with Crippen LogP contribution in [0.25, 0.3) is 10.2 Å². The molecule has 3 aromatic carbocycles. The highest BCUT2D eigenvalue weighted by Gasteiger charge is 2.22. The molecule has 0 fully saturated rings. The van der Waals surface area contributed by atoms with Crippen LogP contribution in [0.3, 0.4) is 0 Å². The summed E-state index contributed by atoms with van der Waals surface area (Å²) in [6, 6.07) is 21.5. The Morgan fingerprint density at radius 1 is 1.03 bits per heavy atom. The summed E-state index contributed by atoms with van der Waals surface area (Å²) in [4.78, 5) is 30.2. The largest absolute Gasteiger partial charge is 0.492 e. The first-order valence-corrected chi connectivity index (χ1v) is 11.0. The molecular weight excluding hydrogens is 426 g/mol. The molecule has 0 N–H and O–H groups in total. The number of rotatable bonds is 8. The van der Waals surface area contributed by atoms with Crippen molar-refractivity contribution in [3.63, 3.8) is 0 Å². The van der Waals surface area contributed by atoms with Crippen molar-refractivity contribution in [1.82, 2.24) is 4.98 Å². The number of amides is 1. The van der Waals surface area contributed by atoms with Crippen LogP contribution in [0.4, 0.5) is 10.8 Å². The van der Waals surface area contributed by atoms with Crippen molar-refractivity contribution >= 4 is 38.3 Å². The third-order valence-corrected chi connectivity index (χ3v) is 5.93. The van der Waals surface area contributed by atoms with E-state index in [1.54, 1.807) is 17.0 Å². The molecule has 0 saturated heterocycles. The maximum Gasteiger partial charge on any atom is 0.269 e. The molecule has 0 saturated carbocycles. The molecule has 7 nitrogen and oxygen atoms in total. The minimum Gasteiger partial charge on any atom is -0.492 e. The van der Waals surface area contributed by atoms with E-state index in [-0.39, 0.29) is 18.0 Å². The van der Waals surface area contributed by atoms with Crippen LogP contribution in [-0.2, 0) is 17.8 Å². The van der Waals surface area contributed by atoms with Gasteiger partial charge in [-0.2, -0.15) is 0 Å². The monoisotopic (exact) mass is 447 g/mol. The maximum absolute atomic E-state index is 13.4. The molecule has 8 heteroatoms. The Balaban J connectivity index is 1.67. The minimum absolute atomic E-state index is 0.00281. The Labute approximate surface area is 189 Å². The molecule has 0 bridgehead atoms. The van der Waals surface area contributed by atoms with Gasteiger partial charge in [-0.15, -0.1) is 0 Å². The number of fused-ring (bicyclic) bond motifs is 1. The van der Waals surface area contributed by atoms with Crippen LogP contribution >= 0.6 is 11.3 Å². The van der Waals surface area contributed by atoms with Gasteiger partial charge in [0.05, 0.1) is 29.2 Å². The van der Waals surface area contributed by atoms with Crippen LogP contribution in [0, 0.1) is 10.1 Å². The number of carbonyl (C=O) groups excluding carboxylic acids is 1. The number of thiazole rings is 1. The van der Waals surface area contributed by atoms with Gasteiger partial charge in [0.2, 0.25) is 5.91 Å². The number of hydrogen-bond donors (Lipinski definition) is 0. The number of carbonyl (C=O) groups is 1. The molecular formula is C24H21N3O4S. The number of nitro groups is 1. The zero-order valence-electron chi connectivity index (χ0n) is 17.4. The fourth-order valence-electron chi connectivity index (χ4n) is 3.33. The highest BCUT2D eigenvalue weighted by atomic mass is 32.1. The van der Waals surface area contributed by atoms with E-state index >= 15 is 0 Å². The zero-order valence-corrected chi connectivity index (χ0v) is 18.2. The predicted molar refractivity (Wildman–Crippen MR) is 125 cm³/mol. The van der Waals surface area contributed by atoms with E-state index in [1.807, 2.05) is 55.5 Å². The average Bonchev–Trinajstić information content (AvgIpc) is 3.23. The number of anilines is 1. The molecule has 0 atom stereocenters. The molecule has 0 aliphatic rings. The number of benzene rings is 3. The molecule has 4 rings (SSSR count).